The average Bonchev–Trinajstić information content (AvgIpc) is 3.69. The zero-order valence-corrected chi connectivity index (χ0v) is 23.7. The fraction of sp³-hybridized carbons (Fsp3) is 0. The highest BCUT2D eigenvalue weighted by molar-refractivity contribution is 6.25. The molecule has 0 N–H and O–H groups in total. The Labute approximate surface area is 253 Å². The Hall–Kier alpha value is -6.07. The summed E-state index contributed by atoms with van der Waals surface area (Å²) in [6, 6.07) is 46.6. The summed E-state index contributed by atoms with van der Waals surface area (Å²) in [5, 5.41) is 6.09. The van der Waals surface area contributed by atoms with E-state index in [4.69, 9.17) is 4.98 Å². The van der Waals surface area contributed by atoms with Gasteiger partial charge in [0.15, 0.2) is 0 Å². The Kier molecular flexibility index (Phi) is 5.43. The van der Waals surface area contributed by atoms with Crippen LogP contribution < -0.4 is 0 Å². The minimum Gasteiger partial charge on any atom is -0.316 e. The normalized spacial score (nSPS) is 11.6. The second-order valence-electron chi connectivity index (χ2n) is 11.0. The van der Waals surface area contributed by atoms with E-state index in [-0.39, 0.29) is 0 Å². The van der Waals surface area contributed by atoms with Gasteiger partial charge in [-0.25, -0.2) is 4.98 Å². The highest BCUT2D eigenvalue weighted by Crippen LogP contribution is 2.41. The van der Waals surface area contributed by atoms with Gasteiger partial charge in [0.05, 0.1) is 45.0 Å². The van der Waals surface area contributed by atoms with Gasteiger partial charge < -0.3 is 9.13 Å². The van der Waals surface area contributed by atoms with E-state index in [2.05, 4.69) is 122 Å². The van der Waals surface area contributed by atoms with Crippen molar-refractivity contribution >= 4 is 43.5 Å². The number of nitrogens with zero attached hydrogens (tertiary/aromatic N) is 5. The number of aromatic nitrogens is 5. The molecule has 5 heteroatoms. The predicted octanol–water partition coefficient (Wildman–Crippen LogP) is 9.40. The van der Waals surface area contributed by atoms with Gasteiger partial charge in [-0.2, -0.15) is 0 Å². The highest BCUT2D eigenvalue weighted by atomic mass is 15.0. The molecule has 0 aliphatic rings. The molecule has 5 nitrogen and oxygen atoms in total. The summed E-state index contributed by atoms with van der Waals surface area (Å²) in [7, 11) is 0. The maximum atomic E-state index is 5.06. The fourth-order valence-corrected chi connectivity index (χ4v) is 6.51. The molecule has 206 valence electrons. The molecule has 0 radical (unpaired) electrons. The molecule has 0 aliphatic carbocycles. The molecular formula is C39H25N5. The summed E-state index contributed by atoms with van der Waals surface area (Å²) in [6.45, 7) is 0. The Balaban J connectivity index is 1.43. The molecule has 0 amide bonds. The number of hydrogen-bond donors (Lipinski definition) is 0. The van der Waals surface area contributed by atoms with Crippen molar-refractivity contribution in [2.45, 2.75) is 0 Å². The summed E-state index contributed by atoms with van der Waals surface area (Å²) < 4.78 is 4.66. The molecule has 4 aromatic carbocycles. The second kappa shape index (κ2) is 9.75. The second-order valence-corrected chi connectivity index (χ2v) is 11.0. The van der Waals surface area contributed by atoms with Crippen LogP contribution in [0.25, 0.3) is 77.6 Å². The lowest BCUT2D eigenvalue weighted by Crippen LogP contribution is -2.00. The van der Waals surface area contributed by atoms with E-state index < -0.39 is 0 Å². The number of benzene rings is 4. The topological polar surface area (TPSA) is 48.5 Å². The molecule has 0 bridgehead atoms. The first-order valence-electron chi connectivity index (χ1n) is 14.7. The van der Waals surface area contributed by atoms with Gasteiger partial charge in [-0.3, -0.25) is 9.97 Å². The molecule has 44 heavy (non-hydrogen) atoms. The van der Waals surface area contributed by atoms with Crippen LogP contribution in [0.5, 0.6) is 0 Å². The molecule has 5 aromatic heterocycles. The van der Waals surface area contributed by atoms with Crippen LogP contribution in [0, 0.1) is 0 Å². The van der Waals surface area contributed by atoms with Gasteiger partial charge in [-0.05, 0) is 77.5 Å². The monoisotopic (exact) mass is 563 g/mol. The average molecular weight is 564 g/mol. The third kappa shape index (κ3) is 3.76. The molecular weight excluding hydrogens is 538 g/mol. The number of fused-ring (bicyclic) bond motifs is 7. The molecule has 5 heterocycles. The highest BCUT2D eigenvalue weighted by Gasteiger charge is 2.20. The summed E-state index contributed by atoms with van der Waals surface area (Å²) in [5.74, 6) is 0. The molecule has 0 aliphatic heterocycles. The molecule has 0 unspecified atom stereocenters. The van der Waals surface area contributed by atoms with Gasteiger partial charge in [0.25, 0.3) is 0 Å². The Morgan fingerprint density at radius 2 is 1.14 bits per heavy atom. The van der Waals surface area contributed by atoms with Crippen LogP contribution in [0.2, 0.25) is 0 Å². The van der Waals surface area contributed by atoms with Crippen LogP contribution >= 0.6 is 0 Å². The summed E-state index contributed by atoms with van der Waals surface area (Å²) in [6.07, 6.45) is 5.80. The molecule has 0 atom stereocenters. The SMILES string of the molecule is c1ccc(-n2ccc3c2ccc2c4c5ccccc5ccc4n(-c4cc(-c5ccccn5)nc(-c5ccccn5)c4)c23)cc1. The van der Waals surface area contributed by atoms with E-state index in [1.807, 2.05) is 48.8 Å². The van der Waals surface area contributed by atoms with Gasteiger partial charge >= 0.3 is 0 Å². The number of hydrogen-bond acceptors (Lipinski definition) is 3. The van der Waals surface area contributed by atoms with Crippen LogP contribution in [0.1, 0.15) is 0 Å². The van der Waals surface area contributed by atoms with Gasteiger partial charge in [0.1, 0.15) is 0 Å². The quantitative estimate of drug-likeness (QED) is 0.214. The number of para-hydroxylation sites is 1. The molecule has 0 fully saturated rings. The third-order valence-corrected chi connectivity index (χ3v) is 8.44. The molecule has 0 saturated carbocycles. The molecule has 9 aromatic rings. The minimum absolute atomic E-state index is 0.800. The largest absolute Gasteiger partial charge is 0.316 e. The van der Waals surface area contributed by atoms with Gasteiger partial charge in [-0.1, -0.05) is 66.7 Å². The zero-order chi connectivity index (χ0) is 29.0. The zero-order valence-electron chi connectivity index (χ0n) is 23.7. The lowest BCUT2D eigenvalue weighted by Gasteiger charge is -2.13. The lowest BCUT2D eigenvalue weighted by molar-refractivity contribution is 1.13. The number of rotatable bonds is 4. The van der Waals surface area contributed by atoms with E-state index in [0.717, 1.165) is 50.7 Å². The van der Waals surface area contributed by atoms with E-state index in [0.29, 0.717) is 0 Å². The third-order valence-electron chi connectivity index (χ3n) is 8.44. The van der Waals surface area contributed by atoms with Gasteiger partial charge in [0, 0.05) is 40.4 Å². The van der Waals surface area contributed by atoms with E-state index in [9.17, 15) is 0 Å². The first-order valence-corrected chi connectivity index (χ1v) is 14.7. The van der Waals surface area contributed by atoms with Crippen molar-refractivity contribution in [1.29, 1.82) is 0 Å². The van der Waals surface area contributed by atoms with E-state index in [1.54, 1.807) is 0 Å². The molecule has 9 rings (SSSR count). The first kappa shape index (κ1) is 24.5. The van der Waals surface area contributed by atoms with Crippen molar-refractivity contribution in [3.05, 3.63) is 152 Å². The number of pyridine rings is 3. The van der Waals surface area contributed by atoms with Gasteiger partial charge in [-0.15, -0.1) is 0 Å². The molecule has 0 spiro atoms. The Morgan fingerprint density at radius 1 is 0.455 bits per heavy atom. The minimum atomic E-state index is 0.800. The smallest absolute Gasteiger partial charge is 0.0915 e. The standard InChI is InChI=1S/C39H25N5/c1-2-11-27(12-3-1)43-23-20-30-36(43)19-17-31-38-29-13-5-4-10-26(29)16-18-37(38)44(39(30)31)28-24-34(32-14-6-8-21-40-32)42-35(25-28)33-15-7-9-22-41-33/h1-25H. The maximum Gasteiger partial charge on any atom is 0.0915 e. The van der Waals surface area contributed by atoms with Crippen molar-refractivity contribution in [3.63, 3.8) is 0 Å². The van der Waals surface area contributed by atoms with Crippen LogP contribution in [0.15, 0.2) is 152 Å². The first-order chi connectivity index (χ1) is 21.8. The molecule has 0 saturated heterocycles. The van der Waals surface area contributed by atoms with Crippen LogP contribution in [0.4, 0.5) is 0 Å². The van der Waals surface area contributed by atoms with Gasteiger partial charge in [0.2, 0.25) is 0 Å². The summed E-state index contributed by atoms with van der Waals surface area (Å²) >= 11 is 0. The van der Waals surface area contributed by atoms with E-state index in [1.165, 1.54) is 26.9 Å². The van der Waals surface area contributed by atoms with Crippen molar-refractivity contribution in [2.75, 3.05) is 0 Å². The summed E-state index contributed by atoms with van der Waals surface area (Å²) in [5.41, 5.74) is 8.84. The van der Waals surface area contributed by atoms with Crippen molar-refractivity contribution in [1.82, 2.24) is 24.1 Å². The Morgan fingerprint density at radius 3 is 1.86 bits per heavy atom. The maximum absolute atomic E-state index is 5.06. The fourth-order valence-electron chi connectivity index (χ4n) is 6.51. The Bertz CT molecular complexity index is 2420. The van der Waals surface area contributed by atoms with Crippen LogP contribution in [-0.4, -0.2) is 24.1 Å². The predicted molar refractivity (Wildman–Crippen MR) is 179 cm³/mol. The van der Waals surface area contributed by atoms with Crippen molar-refractivity contribution in [2.24, 2.45) is 0 Å². The van der Waals surface area contributed by atoms with E-state index >= 15 is 0 Å². The van der Waals surface area contributed by atoms with Crippen molar-refractivity contribution in [3.8, 4) is 34.2 Å². The van der Waals surface area contributed by atoms with Crippen LogP contribution in [0.3, 0.4) is 0 Å². The van der Waals surface area contributed by atoms with Crippen molar-refractivity contribution < 1.29 is 0 Å². The van der Waals surface area contributed by atoms with Crippen LogP contribution in [-0.2, 0) is 0 Å². The summed E-state index contributed by atoms with van der Waals surface area (Å²) in [4.78, 5) is 14.4. The lowest BCUT2D eigenvalue weighted by atomic mass is 10.0.